The van der Waals surface area contributed by atoms with Crippen molar-refractivity contribution in [2.24, 2.45) is 0 Å². The van der Waals surface area contributed by atoms with Gasteiger partial charge in [-0.2, -0.15) is 0 Å². The molecule has 2 aromatic carbocycles. The van der Waals surface area contributed by atoms with Crippen molar-refractivity contribution in [3.63, 3.8) is 0 Å². The average Bonchev–Trinajstić information content (AvgIpc) is 3.02. The van der Waals surface area contributed by atoms with E-state index in [2.05, 4.69) is 4.98 Å². The molecule has 3 rings (SSSR count). The molecule has 130 valence electrons. The lowest BCUT2D eigenvalue weighted by atomic mass is 10.2. The molecule has 0 N–H and O–H groups in total. The highest BCUT2D eigenvalue weighted by Crippen LogP contribution is 2.25. The van der Waals surface area contributed by atoms with Gasteiger partial charge in [-0.3, -0.25) is 0 Å². The van der Waals surface area contributed by atoms with E-state index in [1.54, 1.807) is 38.3 Å². The van der Waals surface area contributed by atoms with E-state index in [0.29, 0.717) is 16.5 Å². The van der Waals surface area contributed by atoms with Crippen molar-refractivity contribution in [1.29, 1.82) is 0 Å². The molecule has 0 radical (unpaired) electrons. The molecule has 1 heterocycles. The third kappa shape index (κ3) is 3.74. The van der Waals surface area contributed by atoms with Gasteiger partial charge in [-0.25, -0.2) is 13.4 Å². The van der Waals surface area contributed by atoms with Crippen LogP contribution in [0.3, 0.4) is 0 Å². The van der Waals surface area contributed by atoms with Gasteiger partial charge in [0.1, 0.15) is 17.8 Å². The third-order valence-corrected chi connectivity index (χ3v) is 5.70. The van der Waals surface area contributed by atoms with Crippen LogP contribution in [0.1, 0.15) is 16.8 Å². The minimum absolute atomic E-state index is 0.198. The first-order chi connectivity index (χ1) is 11.9. The predicted octanol–water partition coefficient (Wildman–Crippen LogP) is 3.94. The Hall–Kier alpha value is -2.60. The van der Waals surface area contributed by atoms with Crippen LogP contribution >= 0.6 is 0 Å². The van der Waals surface area contributed by atoms with Crippen LogP contribution in [-0.4, -0.2) is 20.5 Å². The SMILES string of the molecule is COc1ccc(-c2nc(CS(=O)(=O)c3ccc(C)cc3C)co2)cc1. The Morgan fingerprint density at radius 1 is 1.08 bits per heavy atom. The highest BCUT2D eigenvalue weighted by Gasteiger charge is 2.20. The van der Waals surface area contributed by atoms with Crippen LogP contribution in [0.15, 0.2) is 58.0 Å². The molecule has 0 atom stereocenters. The molecule has 3 aromatic rings. The number of rotatable bonds is 5. The summed E-state index contributed by atoms with van der Waals surface area (Å²) in [6, 6.07) is 12.5. The Kier molecular flexibility index (Phi) is 4.63. The zero-order valence-electron chi connectivity index (χ0n) is 14.3. The fourth-order valence-electron chi connectivity index (χ4n) is 2.66. The fourth-order valence-corrected chi connectivity index (χ4v) is 4.16. The minimum Gasteiger partial charge on any atom is -0.497 e. The molecule has 5 nitrogen and oxygen atoms in total. The first-order valence-corrected chi connectivity index (χ1v) is 9.43. The maximum atomic E-state index is 12.7. The van der Waals surface area contributed by atoms with Crippen LogP contribution in [0.2, 0.25) is 0 Å². The summed E-state index contributed by atoms with van der Waals surface area (Å²) in [6.45, 7) is 3.73. The van der Waals surface area contributed by atoms with E-state index >= 15 is 0 Å². The Morgan fingerprint density at radius 3 is 2.44 bits per heavy atom. The summed E-state index contributed by atoms with van der Waals surface area (Å²) in [5, 5.41) is 0. The second-order valence-corrected chi connectivity index (χ2v) is 7.86. The van der Waals surface area contributed by atoms with Crippen LogP contribution in [0, 0.1) is 13.8 Å². The molecule has 1 aromatic heterocycles. The maximum absolute atomic E-state index is 12.7. The summed E-state index contributed by atoms with van der Waals surface area (Å²) in [5.41, 5.74) is 2.90. The number of sulfone groups is 1. The van der Waals surface area contributed by atoms with Gasteiger partial charge in [0.2, 0.25) is 5.89 Å². The van der Waals surface area contributed by atoms with Crippen molar-refractivity contribution in [2.45, 2.75) is 24.5 Å². The molecule has 6 heteroatoms. The van der Waals surface area contributed by atoms with E-state index in [0.717, 1.165) is 22.4 Å². The molecule has 0 aliphatic heterocycles. The molecule has 0 spiro atoms. The van der Waals surface area contributed by atoms with Gasteiger partial charge < -0.3 is 9.15 Å². The van der Waals surface area contributed by atoms with E-state index in [1.165, 1.54) is 6.26 Å². The molecule has 0 saturated carbocycles. The number of hydrogen-bond acceptors (Lipinski definition) is 5. The van der Waals surface area contributed by atoms with Crippen molar-refractivity contribution < 1.29 is 17.6 Å². The van der Waals surface area contributed by atoms with Crippen LogP contribution < -0.4 is 4.74 Å². The number of aryl methyl sites for hydroxylation is 2. The van der Waals surface area contributed by atoms with Crippen molar-refractivity contribution in [3.05, 3.63) is 65.5 Å². The van der Waals surface area contributed by atoms with E-state index in [1.807, 2.05) is 25.1 Å². The van der Waals surface area contributed by atoms with Crippen LogP contribution in [0.5, 0.6) is 5.75 Å². The average molecular weight is 357 g/mol. The molecule has 0 saturated heterocycles. The molecular formula is C19H19NO4S. The van der Waals surface area contributed by atoms with Gasteiger partial charge >= 0.3 is 0 Å². The monoisotopic (exact) mass is 357 g/mol. The summed E-state index contributed by atoms with van der Waals surface area (Å²) in [5.74, 6) is 0.915. The Morgan fingerprint density at radius 2 is 1.80 bits per heavy atom. The van der Waals surface area contributed by atoms with Gasteiger partial charge in [0.15, 0.2) is 9.84 Å². The number of ether oxygens (including phenoxy) is 1. The summed E-state index contributed by atoms with van der Waals surface area (Å²) < 4.78 is 35.9. The van der Waals surface area contributed by atoms with Crippen molar-refractivity contribution >= 4 is 9.84 Å². The lowest BCUT2D eigenvalue weighted by Gasteiger charge is -2.07. The zero-order valence-corrected chi connectivity index (χ0v) is 15.1. The normalized spacial score (nSPS) is 11.5. The highest BCUT2D eigenvalue weighted by molar-refractivity contribution is 7.90. The summed E-state index contributed by atoms with van der Waals surface area (Å²) in [6.07, 6.45) is 1.39. The molecule has 0 aliphatic carbocycles. The van der Waals surface area contributed by atoms with Crippen molar-refractivity contribution in [1.82, 2.24) is 4.98 Å². The summed E-state index contributed by atoms with van der Waals surface area (Å²) >= 11 is 0. The van der Waals surface area contributed by atoms with Gasteiger partial charge in [0, 0.05) is 5.56 Å². The Labute approximate surface area is 147 Å². The number of nitrogens with zero attached hydrogens (tertiary/aromatic N) is 1. The topological polar surface area (TPSA) is 69.4 Å². The van der Waals surface area contributed by atoms with Crippen molar-refractivity contribution in [2.75, 3.05) is 7.11 Å². The van der Waals surface area contributed by atoms with Gasteiger partial charge in [0.05, 0.1) is 17.7 Å². The van der Waals surface area contributed by atoms with Crippen LogP contribution in [0.4, 0.5) is 0 Å². The molecule has 0 aliphatic rings. The first kappa shape index (κ1) is 17.2. The second-order valence-electron chi connectivity index (χ2n) is 5.90. The predicted molar refractivity (Wildman–Crippen MR) is 95.3 cm³/mol. The Bertz CT molecular complexity index is 989. The molecule has 0 unspecified atom stereocenters. The third-order valence-electron chi connectivity index (χ3n) is 3.89. The van der Waals surface area contributed by atoms with Gasteiger partial charge in [-0.15, -0.1) is 0 Å². The van der Waals surface area contributed by atoms with E-state index in [9.17, 15) is 8.42 Å². The standard InChI is InChI=1S/C19H19NO4S/c1-13-4-9-18(14(2)10-13)25(21,22)12-16-11-24-19(20-16)15-5-7-17(23-3)8-6-15/h4-11H,12H2,1-3H3. The molecule has 0 fully saturated rings. The van der Waals surface area contributed by atoms with Gasteiger partial charge in [-0.05, 0) is 49.7 Å². The van der Waals surface area contributed by atoms with E-state index < -0.39 is 9.84 Å². The number of benzene rings is 2. The minimum atomic E-state index is -3.48. The molecular weight excluding hydrogens is 338 g/mol. The second kappa shape index (κ2) is 6.72. The fraction of sp³-hybridized carbons (Fsp3) is 0.211. The molecule has 0 bridgehead atoms. The maximum Gasteiger partial charge on any atom is 0.226 e. The smallest absolute Gasteiger partial charge is 0.226 e. The largest absolute Gasteiger partial charge is 0.497 e. The van der Waals surface area contributed by atoms with E-state index in [4.69, 9.17) is 9.15 Å². The van der Waals surface area contributed by atoms with Gasteiger partial charge in [0.25, 0.3) is 0 Å². The number of methoxy groups -OCH3 is 1. The number of aromatic nitrogens is 1. The zero-order chi connectivity index (χ0) is 18.0. The van der Waals surface area contributed by atoms with Crippen molar-refractivity contribution in [3.8, 4) is 17.2 Å². The lowest BCUT2D eigenvalue weighted by Crippen LogP contribution is -2.07. The Balaban J connectivity index is 1.84. The number of oxazole rings is 1. The quantitative estimate of drug-likeness (QED) is 0.692. The van der Waals surface area contributed by atoms with Gasteiger partial charge in [-0.1, -0.05) is 17.7 Å². The molecule has 25 heavy (non-hydrogen) atoms. The molecule has 0 amide bonds. The summed E-state index contributed by atoms with van der Waals surface area (Å²) in [7, 11) is -1.89. The van der Waals surface area contributed by atoms with Crippen LogP contribution in [-0.2, 0) is 15.6 Å². The number of hydrogen-bond donors (Lipinski definition) is 0. The summed E-state index contributed by atoms with van der Waals surface area (Å²) in [4.78, 5) is 4.63. The lowest BCUT2D eigenvalue weighted by molar-refractivity contribution is 0.415. The highest BCUT2D eigenvalue weighted by atomic mass is 32.2. The van der Waals surface area contributed by atoms with E-state index in [-0.39, 0.29) is 5.75 Å². The first-order valence-electron chi connectivity index (χ1n) is 7.78. The van der Waals surface area contributed by atoms with Crippen LogP contribution in [0.25, 0.3) is 11.5 Å².